The molecule has 0 spiro atoms. The van der Waals surface area contributed by atoms with Gasteiger partial charge in [-0.2, -0.15) is 30.9 Å². The van der Waals surface area contributed by atoms with Crippen molar-refractivity contribution in [3.05, 3.63) is 66.0 Å². The van der Waals surface area contributed by atoms with E-state index in [1.54, 1.807) is 26.0 Å². The van der Waals surface area contributed by atoms with Crippen LogP contribution < -0.4 is 4.74 Å². The molecule has 0 aliphatic heterocycles. The first-order valence-electron chi connectivity index (χ1n) is 7.91. The maximum atomic E-state index is 12.4. The third-order valence-corrected chi connectivity index (χ3v) is 3.44. The van der Waals surface area contributed by atoms with Crippen LogP contribution in [0.3, 0.4) is 0 Å². The van der Waals surface area contributed by atoms with E-state index in [2.05, 4.69) is 15.8 Å². The summed E-state index contributed by atoms with van der Waals surface area (Å²) < 4.78 is 64.7. The van der Waals surface area contributed by atoms with Crippen LogP contribution in [0.1, 0.15) is 56.2 Å². The normalized spacial score (nSPS) is 11.1. The van der Waals surface area contributed by atoms with Gasteiger partial charge >= 0.3 is 37.3 Å². The van der Waals surface area contributed by atoms with Crippen LogP contribution in [0.4, 0.5) is 22.0 Å². The molecule has 1 heterocycles. The van der Waals surface area contributed by atoms with Crippen molar-refractivity contribution in [2.75, 3.05) is 0 Å². The molecule has 0 saturated heterocycles. The summed E-state index contributed by atoms with van der Waals surface area (Å²) in [5.41, 5.74) is 0.613. The average Bonchev–Trinajstić information content (AvgIpc) is 2.54. The molecule has 0 N–H and O–H groups in total. The summed E-state index contributed by atoms with van der Waals surface area (Å²) >= 11 is 0. The van der Waals surface area contributed by atoms with E-state index in [1.165, 1.54) is 12.3 Å². The summed E-state index contributed by atoms with van der Waals surface area (Å²) in [7, 11) is 0. The summed E-state index contributed by atoms with van der Waals surface area (Å²) in [6.07, 6.45) is -2.05. The Balaban J connectivity index is 0.000000483. The van der Waals surface area contributed by atoms with Crippen LogP contribution in [0.15, 0.2) is 36.7 Å². The Morgan fingerprint density at radius 2 is 1.70 bits per heavy atom. The van der Waals surface area contributed by atoms with Gasteiger partial charge in [0.15, 0.2) is 6.61 Å². The molecule has 146 valence electrons. The number of nitrogens with zero attached hydrogens (tertiary/aromatic N) is 1. The molecule has 0 amide bonds. The summed E-state index contributed by atoms with van der Waals surface area (Å²) in [6, 6.07) is 8.95. The van der Waals surface area contributed by atoms with Gasteiger partial charge in [-0.25, -0.2) is 0 Å². The van der Waals surface area contributed by atoms with Crippen molar-refractivity contribution in [3.63, 3.8) is 0 Å². The van der Waals surface area contributed by atoms with Gasteiger partial charge in [0, 0.05) is 12.4 Å². The zero-order chi connectivity index (χ0) is 19.9. The maximum absolute atomic E-state index is 12.4. The standard InChI is InChI=1S/C10H10F2O.C9H10F3N.U/c1-7(2)8-4-3-5-9(6-8)13-10(11)12;1-6(2)7-3-4-13-5-8(7)9(10,11)12;/h3-4,6-7H,1-2H3;3-6H,1-2H3;/q-2;;+2. The summed E-state index contributed by atoms with van der Waals surface area (Å²) in [4.78, 5) is 3.47. The molecular formula is C19H20F5NOU. The van der Waals surface area contributed by atoms with E-state index in [0.717, 1.165) is 11.8 Å². The molecule has 0 aliphatic rings. The molecule has 0 saturated carbocycles. The topological polar surface area (TPSA) is 22.1 Å². The van der Waals surface area contributed by atoms with Crippen LogP contribution in [0.25, 0.3) is 0 Å². The van der Waals surface area contributed by atoms with Crippen molar-refractivity contribution < 1.29 is 57.8 Å². The number of halogens is 5. The third-order valence-electron chi connectivity index (χ3n) is 3.44. The number of hydrogen-bond acceptors (Lipinski definition) is 2. The Kier molecular flexibility index (Phi) is 11.2. The molecule has 0 unspecified atom stereocenters. The molecule has 2 aromatic rings. The zero-order valence-electron chi connectivity index (χ0n) is 15.4. The molecular weight excluding hydrogens is 591 g/mol. The third kappa shape index (κ3) is 9.07. The van der Waals surface area contributed by atoms with Gasteiger partial charge in [-0.05, 0) is 29.2 Å². The fourth-order valence-corrected chi connectivity index (χ4v) is 2.11. The predicted molar refractivity (Wildman–Crippen MR) is 88.8 cm³/mol. The van der Waals surface area contributed by atoms with Gasteiger partial charge in [0.1, 0.15) is 0 Å². The molecule has 8 heteroatoms. The fraction of sp³-hybridized carbons (Fsp3) is 0.368. The van der Waals surface area contributed by atoms with Gasteiger partial charge in [0.25, 0.3) is 0 Å². The number of benzene rings is 1. The van der Waals surface area contributed by atoms with E-state index >= 15 is 0 Å². The van der Waals surface area contributed by atoms with E-state index in [4.69, 9.17) is 0 Å². The second kappa shape index (κ2) is 11.7. The SMILES string of the molecule is CC(C)c1cc[c-]c(O[C-](F)F)c1.CC(C)c1ccncc1C(F)(F)F.[U+2]. The maximum Gasteiger partial charge on any atom is 2.00 e. The Hall–Kier alpha value is -1.13. The van der Waals surface area contributed by atoms with Crippen LogP contribution in [0, 0.1) is 43.8 Å². The van der Waals surface area contributed by atoms with E-state index in [1.807, 2.05) is 19.9 Å². The van der Waals surface area contributed by atoms with Gasteiger partial charge in [0.05, 0.1) is 5.56 Å². The quantitative estimate of drug-likeness (QED) is 0.287. The van der Waals surface area contributed by atoms with Crippen molar-refractivity contribution in [1.29, 1.82) is 0 Å². The van der Waals surface area contributed by atoms with Crippen LogP contribution in [-0.2, 0) is 6.18 Å². The van der Waals surface area contributed by atoms with E-state index in [9.17, 15) is 22.0 Å². The summed E-state index contributed by atoms with van der Waals surface area (Å²) in [6.45, 7) is 5.36. The molecule has 2 rings (SSSR count). The molecule has 1 aromatic heterocycles. The summed E-state index contributed by atoms with van der Waals surface area (Å²) in [5.74, 6) is 0.213. The number of pyridine rings is 1. The minimum absolute atomic E-state index is 0. The van der Waals surface area contributed by atoms with Crippen LogP contribution in [0.5, 0.6) is 5.75 Å². The second-order valence-electron chi connectivity index (χ2n) is 6.08. The van der Waals surface area contributed by atoms with Crippen LogP contribution in [-0.4, -0.2) is 4.98 Å². The molecule has 0 aliphatic carbocycles. The Bertz CT molecular complexity index is 690. The molecule has 0 atom stereocenters. The second-order valence-corrected chi connectivity index (χ2v) is 6.08. The fourth-order valence-electron chi connectivity index (χ4n) is 2.11. The first kappa shape index (κ1) is 25.9. The van der Waals surface area contributed by atoms with Crippen LogP contribution in [0.2, 0.25) is 0 Å². The van der Waals surface area contributed by atoms with Crippen molar-refractivity contribution in [1.82, 2.24) is 4.98 Å². The monoisotopic (exact) mass is 611 g/mol. The smallest absolute Gasteiger partial charge is 0.618 e. The van der Waals surface area contributed by atoms with Crippen molar-refractivity contribution in [2.24, 2.45) is 0 Å². The summed E-state index contributed by atoms with van der Waals surface area (Å²) in [5, 5.41) is 0. The molecule has 2 nitrogen and oxygen atoms in total. The van der Waals surface area contributed by atoms with Gasteiger partial charge in [-0.3, -0.25) is 4.98 Å². The molecule has 1 aromatic carbocycles. The van der Waals surface area contributed by atoms with E-state index in [0.29, 0.717) is 11.5 Å². The predicted octanol–water partition coefficient (Wildman–Crippen LogP) is 6.60. The van der Waals surface area contributed by atoms with E-state index < -0.39 is 18.4 Å². The minimum Gasteiger partial charge on any atom is -0.618 e. The van der Waals surface area contributed by atoms with Gasteiger partial charge < -0.3 is 13.5 Å². The number of hydrogen-bond donors (Lipinski definition) is 0. The molecule has 0 radical (unpaired) electrons. The van der Waals surface area contributed by atoms with Gasteiger partial charge in [0.2, 0.25) is 0 Å². The van der Waals surface area contributed by atoms with E-state index in [-0.39, 0.29) is 42.8 Å². The number of aromatic nitrogens is 1. The van der Waals surface area contributed by atoms with Crippen molar-refractivity contribution >= 4 is 0 Å². The number of rotatable bonds is 4. The van der Waals surface area contributed by atoms with Crippen LogP contribution >= 0.6 is 0 Å². The zero-order valence-corrected chi connectivity index (χ0v) is 19.5. The Labute approximate surface area is 179 Å². The first-order valence-corrected chi connectivity index (χ1v) is 7.91. The average molecular weight is 611 g/mol. The molecule has 27 heavy (non-hydrogen) atoms. The Morgan fingerprint density at radius 1 is 1.07 bits per heavy atom. The Morgan fingerprint density at radius 3 is 2.15 bits per heavy atom. The van der Waals surface area contributed by atoms with Gasteiger partial charge in [-0.1, -0.05) is 27.7 Å². The van der Waals surface area contributed by atoms with Crippen molar-refractivity contribution in [2.45, 2.75) is 45.7 Å². The van der Waals surface area contributed by atoms with Gasteiger partial charge in [-0.15, -0.1) is 12.1 Å². The minimum atomic E-state index is -4.30. The largest absolute Gasteiger partial charge is 2.00 e. The first-order chi connectivity index (χ1) is 12.0. The number of alkyl halides is 3. The van der Waals surface area contributed by atoms with Crippen molar-refractivity contribution in [3.8, 4) is 5.75 Å². The number of ether oxygens (including phenoxy) is 1. The molecule has 0 bridgehead atoms. The molecule has 0 fully saturated rings.